The first-order valence-electron chi connectivity index (χ1n) is 9.99. The molecule has 30 heavy (non-hydrogen) atoms. The van der Waals surface area contributed by atoms with Crippen molar-refractivity contribution in [1.29, 1.82) is 0 Å². The van der Waals surface area contributed by atoms with Gasteiger partial charge in [-0.25, -0.2) is 4.98 Å². The van der Waals surface area contributed by atoms with E-state index >= 15 is 0 Å². The van der Waals surface area contributed by atoms with E-state index in [9.17, 15) is 0 Å². The molecule has 5 nitrogen and oxygen atoms in total. The summed E-state index contributed by atoms with van der Waals surface area (Å²) in [4.78, 5) is 5.01. The molecule has 0 saturated carbocycles. The number of hydrogen-bond donors (Lipinski definition) is 1. The van der Waals surface area contributed by atoms with E-state index in [1.165, 1.54) is 16.7 Å². The number of aryl methyl sites for hydroxylation is 4. The molecule has 5 heteroatoms. The van der Waals surface area contributed by atoms with Crippen LogP contribution in [0.5, 0.6) is 11.5 Å². The van der Waals surface area contributed by atoms with Gasteiger partial charge in [0.15, 0.2) is 11.5 Å². The first kappa shape index (κ1) is 19.8. The smallest absolute Gasteiger partial charge is 0.170 e. The van der Waals surface area contributed by atoms with Gasteiger partial charge in [0.25, 0.3) is 0 Å². The van der Waals surface area contributed by atoms with Gasteiger partial charge < -0.3 is 14.8 Å². The van der Waals surface area contributed by atoms with E-state index in [2.05, 4.69) is 67.7 Å². The summed E-state index contributed by atoms with van der Waals surface area (Å²) in [5, 5.41) is 3.68. The number of benzene rings is 2. The number of nitrogens with zero attached hydrogens (tertiary/aromatic N) is 2. The molecule has 154 valence electrons. The third-order valence-electron chi connectivity index (χ3n) is 5.43. The van der Waals surface area contributed by atoms with Crippen LogP contribution in [0, 0.1) is 27.7 Å². The zero-order valence-electron chi connectivity index (χ0n) is 18.3. The van der Waals surface area contributed by atoms with Gasteiger partial charge in [-0.1, -0.05) is 24.3 Å². The van der Waals surface area contributed by atoms with Crippen LogP contribution in [0.3, 0.4) is 0 Å². The van der Waals surface area contributed by atoms with E-state index in [4.69, 9.17) is 14.5 Å². The Balaban J connectivity index is 2.04. The zero-order chi connectivity index (χ0) is 21.4. The highest BCUT2D eigenvalue weighted by molar-refractivity contribution is 5.85. The standard InChI is InChI=1S/C25H27N3O2/c1-15-13-18(4)28-21(14-15)26-23(19-11-8-12-20(29-5)24(19)30-6)25(28)27-22-16(2)9-7-10-17(22)3/h7-14,27H,1-6H3. The molecule has 0 spiro atoms. The molecule has 0 saturated heterocycles. The molecule has 2 aromatic heterocycles. The second kappa shape index (κ2) is 7.75. The lowest BCUT2D eigenvalue weighted by Gasteiger charge is -2.16. The van der Waals surface area contributed by atoms with Crippen LogP contribution in [0.25, 0.3) is 16.9 Å². The fraction of sp³-hybridized carbons (Fsp3) is 0.240. The average molecular weight is 402 g/mol. The van der Waals surface area contributed by atoms with Crippen molar-refractivity contribution in [2.24, 2.45) is 0 Å². The van der Waals surface area contributed by atoms with Crippen molar-refractivity contribution >= 4 is 17.2 Å². The molecule has 0 bridgehead atoms. The van der Waals surface area contributed by atoms with E-state index in [1.807, 2.05) is 18.2 Å². The Morgan fingerprint density at radius 2 is 1.57 bits per heavy atom. The number of nitrogens with one attached hydrogen (secondary N) is 1. The average Bonchev–Trinajstić information content (AvgIpc) is 3.08. The first-order chi connectivity index (χ1) is 14.4. The molecule has 0 fully saturated rings. The predicted octanol–water partition coefficient (Wildman–Crippen LogP) is 6.00. The van der Waals surface area contributed by atoms with Gasteiger partial charge in [-0.2, -0.15) is 0 Å². The van der Waals surface area contributed by atoms with Crippen LogP contribution >= 0.6 is 0 Å². The summed E-state index contributed by atoms with van der Waals surface area (Å²) in [6.07, 6.45) is 0. The largest absolute Gasteiger partial charge is 0.493 e. The first-order valence-corrected chi connectivity index (χ1v) is 9.99. The minimum atomic E-state index is 0.669. The van der Waals surface area contributed by atoms with Crippen LogP contribution in [-0.4, -0.2) is 23.6 Å². The molecular formula is C25H27N3O2. The molecule has 2 aromatic carbocycles. The van der Waals surface area contributed by atoms with Crippen molar-refractivity contribution in [3.63, 3.8) is 0 Å². The number of imidazole rings is 1. The third kappa shape index (κ3) is 3.26. The van der Waals surface area contributed by atoms with Crippen molar-refractivity contribution in [3.8, 4) is 22.8 Å². The minimum Gasteiger partial charge on any atom is -0.493 e. The molecule has 0 aliphatic rings. The Morgan fingerprint density at radius 1 is 0.867 bits per heavy atom. The fourth-order valence-corrected chi connectivity index (χ4v) is 4.04. The quantitative estimate of drug-likeness (QED) is 0.446. The molecule has 1 N–H and O–H groups in total. The molecule has 0 atom stereocenters. The van der Waals surface area contributed by atoms with E-state index in [0.717, 1.165) is 34.1 Å². The van der Waals surface area contributed by atoms with Crippen molar-refractivity contribution in [1.82, 2.24) is 9.38 Å². The summed E-state index contributed by atoms with van der Waals surface area (Å²) in [5.74, 6) is 2.26. The number of methoxy groups -OCH3 is 2. The highest BCUT2D eigenvalue weighted by Gasteiger charge is 2.22. The number of fused-ring (bicyclic) bond motifs is 1. The van der Waals surface area contributed by atoms with Gasteiger partial charge in [0, 0.05) is 16.9 Å². The van der Waals surface area contributed by atoms with Gasteiger partial charge in [-0.3, -0.25) is 4.40 Å². The highest BCUT2D eigenvalue weighted by Crippen LogP contribution is 2.42. The Labute approximate surface area is 177 Å². The summed E-state index contributed by atoms with van der Waals surface area (Å²) in [6, 6.07) is 16.4. The molecule has 4 rings (SSSR count). The van der Waals surface area contributed by atoms with Crippen LogP contribution in [-0.2, 0) is 0 Å². The molecule has 0 radical (unpaired) electrons. The summed E-state index contributed by atoms with van der Waals surface area (Å²) >= 11 is 0. The second-order valence-corrected chi connectivity index (χ2v) is 7.61. The van der Waals surface area contributed by atoms with E-state index in [-0.39, 0.29) is 0 Å². The lowest BCUT2D eigenvalue weighted by molar-refractivity contribution is 0.356. The van der Waals surface area contributed by atoms with Gasteiger partial charge in [-0.15, -0.1) is 0 Å². The Bertz CT molecular complexity index is 1220. The van der Waals surface area contributed by atoms with E-state index in [1.54, 1.807) is 14.2 Å². The van der Waals surface area contributed by atoms with Gasteiger partial charge in [0.2, 0.25) is 0 Å². The molecule has 0 unspecified atom stereocenters. The third-order valence-corrected chi connectivity index (χ3v) is 5.43. The van der Waals surface area contributed by atoms with Crippen LogP contribution in [0.1, 0.15) is 22.4 Å². The zero-order valence-corrected chi connectivity index (χ0v) is 18.3. The van der Waals surface area contributed by atoms with Crippen LogP contribution in [0.15, 0.2) is 48.5 Å². The SMILES string of the molecule is COc1cccc(-c2nc3cc(C)cc(C)n3c2Nc2c(C)cccc2C)c1OC. The summed E-state index contributed by atoms with van der Waals surface area (Å²) in [7, 11) is 3.31. The maximum Gasteiger partial charge on any atom is 0.170 e. The van der Waals surface area contributed by atoms with Crippen LogP contribution in [0.4, 0.5) is 11.5 Å². The van der Waals surface area contributed by atoms with E-state index in [0.29, 0.717) is 11.5 Å². The van der Waals surface area contributed by atoms with Crippen molar-refractivity contribution in [2.45, 2.75) is 27.7 Å². The van der Waals surface area contributed by atoms with Crippen molar-refractivity contribution in [2.75, 3.05) is 19.5 Å². The summed E-state index contributed by atoms with van der Waals surface area (Å²) in [6.45, 7) is 8.42. The van der Waals surface area contributed by atoms with Gasteiger partial charge in [0.05, 0.1) is 14.2 Å². The highest BCUT2D eigenvalue weighted by atomic mass is 16.5. The number of para-hydroxylation sites is 2. The number of hydrogen-bond acceptors (Lipinski definition) is 4. The fourth-order valence-electron chi connectivity index (χ4n) is 4.04. The van der Waals surface area contributed by atoms with Crippen molar-refractivity contribution < 1.29 is 9.47 Å². The monoisotopic (exact) mass is 401 g/mol. The molecular weight excluding hydrogens is 374 g/mol. The van der Waals surface area contributed by atoms with Gasteiger partial charge in [-0.05, 0) is 68.7 Å². The second-order valence-electron chi connectivity index (χ2n) is 7.61. The number of ether oxygens (including phenoxy) is 2. The van der Waals surface area contributed by atoms with Crippen molar-refractivity contribution in [3.05, 3.63) is 70.9 Å². The van der Waals surface area contributed by atoms with Gasteiger partial charge in [0.1, 0.15) is 17.2 Å². The van der Waals surface area contributed by atoms with Gasteiger partial charge >= 0.3 is 0 Å². The maximum atomic E-state index is 5.72. The van der Waals surface area contributed by atoms with Crippen LogP contribution < -0.4 is 14.8 Å². The van der Waals surface area contributed by atoms with E-state index < -0.39 is 0 Å². The summed E-state index contributed by atoms with van der Waals surface area (Å²) < 4.78 is 13.4. The molecule has 2 heterocycles. The predicted molar refractivity (Wildman–Crippen MR) is 122 cm³/mol. The number of pyridine rings is 1. The van der Waals surface area contributed by atoms with Crippen LogP contribution in [0.2, 0.25) is 0 Å². The minimum absolute atomic E-state index is 0.669. The molecule has 0 amide bonds. The molecule has 0 aliphatic carbocycles. The number of aromatic nitrogens is 2. The Hall–Kier alpha value is -3.47. The normalized spacial score (nSPS) is 11.0. The number of anilines is 2. The summed E-state index contributed by atoms with van der Waals surface area (Å²) in [5.41, 5.74) is 8.32. The Kier molecular flexibility index (Phi) is 5.12. The Morgan fingerprint density at radius 3 is 2.23 bits per heavy atom. The molecule has 4 aromatic rings. The number of rotatable bonds is 5. The lowest BCUT2D eigenvalue weighted by atomic mass is 10.1. The maximum absolute atomic E-state index is 5.72. The lowest BCUT2D eigenvalue weighted by Crippen LogP contribution is -2.03. The topological polar surface area (TPSA) is 47.8 Å². The molecule has 0 aliphatic heterocycles.